The Hall–Kier alpha value is -3.37. The zero-order valence-electron chi connectivity index (χ0n) is 22.1. The summed E-state index contributed by atoms with van der Waals surface area (Å²) >= 11 is 2.95. The molecule has 1 saturated carbocycles. The number of pyridine rings is 2. The fourth-order valence-electron chi connectivity index (χ4n) is 4.13. The van der Waals surface area contributed by atoms with E-state index in [2.05, 4.69) is 45.7 Å². The molecule has 3 rings (SSSR count). The summed E-state index contributed by atoms with van der Waals surface area (Å²) in [7, 11) is 1.56. The van der Waals surface area contributed by atoms with E-state index in [1.165, 1.54) is 6.92 Å². The van der Waals surface area contributed by atoms with Crippen LogP contribution in [0.5, 0.6) is 0 Å². The number of carbonyl (C=O) groups is 2. The number of nitriles is 1. The van der Waals surface area contributed by atoms with Gasteiger partial charge in [0.2, 0.25) is 0 Å². The average Bonchev–Trinajstić information content (AvgIpc) is 3.76. The number of ether oxygens (including phenoxy) is 1. The Balaban J connectivity index is 2.03. The minimum atomic E-state index is -0.188. The monoisotopic (exact) mass is 554 g/mol. The van der Waals surface area contributed by atoms with Crippen LogP contribution < -0.4 is 15.1 Å². The van der Waals surface area contributed by atoms with E-state index in [9.17, 15) is 14.9 Å². The van der Waals surface area contributed by atoms with E-state index in [1.807, 2.05) is 9.78 Å². The Bertz CT molecular complexity index is 1220. The van der Waals surface area contributed by atoms with Crippen molar-refractivity contribution in [3.63, 3.8) is 0 Å². The number of aromatic nitrogens is 2. The third kappa shape index (κ3) is 7.58. The third-order valence-corrected chi connectivity index (χ3v) is 6.89. The van der Waals surface area contributed by atoms with Crippen LogP contribution >= 0.6 is 0 Å². The summed E-state index contributed by atoms with van der Waals surface area (Å²) in [6.07, 6.45) is 5.48. The van der Waals surface area contributed by atoms with Crippen LogP contribution in [0.15, 0.2) is 31.0 Å². The van der Waals surface area contributed by atoms with Crippen LogP contribution in [0.1, 0.15) is 56.0 Å². The van der Waals surface area contributed by atoms with Crippen LogP contribution in [0.3, 0.4) is 0 Å². The summed E-state index contributed by atoms with van der Waals surface area (Å²) in [5, 5.41) is 13.1. The molecule has 1 aliphatic rings. The van der Waals surface area contributed by atoms with Crippen LogP contribution in [0.2, 0.25) is 0 Å². The minimum absolute atomic E-state index is 0.0916. The Labute approximate surface area is 232 Å². The number of hydrogen-bond donors (Lipinski definition) is 1. The molecule has 200 valence electrons. The predicted molar refractivity (Wildman–Crippen MR) is 145 cm³/mol. The Morgan fingerprint density at radius 2 is 2.16 bits per heavy atom. The van der Waals surface area contributed by atoms with Gasteiger partial charge in [-0.3, -0.25) is 4.98 Å². The van der Waals surface area contributed by atoms with Crippen molar-refractivity contribution >= 4 is 40.0 Å². The molecule has 10 heteroatoms. The molecule has 0 spiro atoms. The van der Waals surface area contributed by atoms with Crippen molar-refractivity contribution in [3.05, 3.63) is 47.9 Å². The molecule has 1 aliphatic carbocycles. The number of rotatable bonds is 14. The van der Waals surface area contributed by atoms with Crippen LogP contribution in [-0.4, -0.2) is 60.0 Å². The van der Waals surface area contributed by atoms with E-state index >= 15 is 0 Å². The number of amides is 2. The van der Waals surface area contributed by atoms with Gasteiger partial charge in [-0.1, -0.05) is 6.58 Å². The smallest absolute Gasteiger partial charge is 0.257 e. The van der Waals surface area contributed by atoms with E-state index < -0.39 is 0 Å². The molecule has 38 heavy (non-hydrogen) atoms. The SMILES string of the molecule is C=Cc1cc(N(C(C)=O)c2cc(C#N)c(N(CCNC(=O)CCOC)C[C@@H](C)[CH]=[Cr])nc2C2CC2)ccn1. The molecule has 0 aliphatic heterocycles. The first kappa shape index (κ1) is 29.2. The van der Waals surface area contributed by atoms with Gasteiger partial charge in [0.25, 0.3) is 0 Å². The van der Waals surface area contributed by atoms with Crippen molar-refractivity contribution in [2.45, 2.75) is 39.0 Å². The van der Waals surface area contributed by atoms with Crippen LogP contribution in [-0.2, 0) is 30.2 Å². The average molecular weight is 555 g/mol. The number of nitrogens with zero attached hydrogens (tertiary/aromatic N) is 5. The van der Waals surface area contributed by atoms with Gasteiger partial charge in [-0.15, -0.1) is 0 Å². The minimum Gasteiger partial charge on any atom is -0.257 e. The van der Waals surface area contributed by atoms with Crippen molar-refractivity contribution in [1.82, 2.24) is 15.3 Å². The van der Waals surface area contributed by atoms with Crippen LogP contribution in [0, 0.1) is 17.2 Å². The topological polar surface area (TPSA) is 111 Å². The molecule has 1 N–H and O–H groups in total. The summed E-state index contributed by atoms with van der Waals surface area (Å²) in [5.74, 6) is 0.665. The van der Waals surface area contributed by atoms with E-state index in [4.69, 9.17) is 9.72 Å². The van der Waals surface area contributed by atoms with Gasteiger partial charge < -0.3 is 0 Å². The second-order valence-electron chi connectivity index (χ2n) is 9.30. The summed E-state index contributed by atoms with van der Waals surface area (Å²) in [6, 6.07) is 7.62. The van der Waals surface area contributed by atoms with Crippen molar-refractivity contribution in [2.75, 3.05) is 43.2 Å². The number of anilines is 3. The fraction of sp³-hybridized carbons (Fsp3) is 0.429. The number of methoxy groups -OCH3 is 1. The molecule has 2 amide bonds. The molecular formula is C28H34CrN6O3. The van der Waals surface area contributed by atoms with Crippen molar-refractivity contribution in [1.29, 1.82) is 5.26 Å². The van der Waals surface area contributed by atoms with Crippen LogP contribution in [0.4, 0.5) is 17.2 Å². The zero-order chi connectivity index (χ0) is 27.7. The molecule has 1 atom stereocenters. The van der Waals surface area contributed by atoms with Gasteiger partial charge in [0.15, 0.2) is 0 Å². The number of hydrogen-bond acceptors (Lipinski definition) is 7. The zero-order valence-corrected chi connectivity index (χ0v) is 23.4. The molecule has 0 aromatic carbocycles. The Morgan fingerprint density at radius 3 is 2.76 bits per heavy atom. The van der Waals surface area contributed by atoms with E-state index in [0.717, 1.165) is 18.5 Å². The van der Waals surface area contributed by atoms with Gasteiger partial charge >= 0.3 is 215 Å². The molecule has 0 saturated heterocycles. The van der Waals surface area contributed by atoms with Gasteiger partial charge in [0.05, 0.1) is 0 Å². The standard InChI is InChI=1S/C28H34N6O3.Cr/c1-6-23-16-24(9-11-30-23)34(20(4)35)25-15-22(17-29)28(32-27(25)21-7-8-21)33(18-19(2)3)13-12-31-26(36)10-14-37-5;/h2,6,9,11,15-16,19,21H,1,7-8,10,12-14,18H2,3-5H3,(H,31,36);/t19-;/m1./s1. The summed E-state index contributed by atoms with van der Waals surface area (Å²) < 4.78 is 4.98. The summed E-state index contributed by atoms with van der Waals surface area (Å²) in [4.78, 5) is 39.9. The molecule has 1 fully saturated rings. The van der Waals surface area contributed by atoms with Gasteiger partial charge in [0.1, 0.15) is 0 Å². The second kappa shape index (κ2) is 14.0. The quantitative estimate of drug-likeness (QED) is 0.381. The Morgan fingerprint density at radius 1 is 1.39 bits per heavy atom. The van der Waals surface area contributed by atoms with Crippen LogP contribution in [0.25, 0.3) is 6.08 Å². The van der Waals surface area contributed by atoms with E-state index in [-0.39, 0.29) is 30.1 Å². The fourth-order valence-corrected chi connectivity index (χ4v) is 4.27. The first-order valence-electron chi connectivity index (χ1n) is 12.6. The first-order valence-corrected chi connectivity index (χ1v) is 13.4. The molecule has 0 bridgehead atoms. The van der Waals surface area contributed by atoms with Crippen molar-refractivity contribution < 1.29 is 30.2 Å². The second-order valence-corrected chi connectivity index (χ2v) is 9.72. The predicted octanol–water partition coefficient (Wildman–Crippen LogP) is 3.50. The van der Waals surface area contributed by atoms with E-state index in [0.29, 0.717) is 54.7 Å². The maximum atomic E-state index is 12.9. The molecule has 0 unspecified atom stereocenters. The summed E-state index contributed by atoms with van der Waals surface area (Å²) in [6.45, 7) is 9.19. The molecular weight excluding hydrogens is 520 g/mol. The third-order valence-electron chi connectivity index (χ3n) is 6.16. The molecule has 9 nitrogen and oxygen atoms in total. The Kier molecular flexibility index (Phi) is 10.7. The molecule has 0 radical (unpaired) electrons. The first-order chi connectivity index (χ1) is 18.3. The summed E-state index contributed by atoms with van der Waals surface area (Å²) in [5.41, 5.74) is 3.06. The normalized spacial score (nSPS) is 13.2. The van der Waals surface area contributed by atoms with E-state index in [1.54, 1.807) is 42.5 Å². The molecule has 2 aromatic heterocycles. The number of carbonyl (C=O) groups excluding carboxylic acids is 2. The maximum absolute atomic E-state index is 12.9. The molecule has 2 heterocycles. The van der Waals surface area contributed by atoms with Crippen molar-refractivity contribution in [2.24, 2.45) is 5.92 Å². The van der Waals surface area contributed by atoms with Gasteiger partial charge in [-0.2, -0.15) is 0 Å². The van der Waals surface area contributed by atoms with Gasteiger partial charge in [-0.25, -0.2) is 0 Å². The van der Waals surface area contributed by atoms with Gasteiger partial charge in [-0.05, 0) is 6.08 Å². The van der Waals surface area contributed by atoms with Gasteiger partial charge in [0, 0.05) is 0 Å². The number of nitrogens with one attached hydrogen (secondary N) is 1. The van der Waals surface area contributed by atoms with Crippen molar-refractivity contribution in [3.8, 4) is 6.07 Å². The molecule has 2 aromatic rings.